The molecule has 1 aliphatic heterocycles. The van der Waals surface area contributed by atoms with Gasteiger partial charge in [0.25, 0.3) is 0 Å². The van der Waals surface area contributed by atoms with Crippen LogP contribution in [0.2, 0.25) is 0 Å². The third-order valence-corrected chi connectivity index (χ3v) is 4.10. The van der Waals surface area contributed by atoms with Crippen molar-refractivity contribution in [2.45, 2.75) is 58.1 Å². The summed E-state index contributed by atoms with van der Waals surface area (Å²) in [5, 5.41) is 0. The second-order valence-electron chi connectivity index (χ2n) is 7.15. The molecule has 0 radical (unpaired) electrons. The lowest BCUT2D eigenvalue weighted by Crippen LogP contribution is -2.56. The molecule has 1 amide bonds. The van der Waals surface area contributed by atoms with E-state index in [2.05, 4.69) is 0 Å². The summed E-state index contributed by atoms with van der Waals surface area (Å²) in [6.07, 6.45) is 1.32. The molecular weight excluding hydrogens is 306 g/mol. The summed E-state index contributed by atoms with van der Waals surface area (Å²) in [5.41, 5.74) is -0.590. The fraction of sp³-hybridized carbons (Fsp3) is 0.579. The van der Waals surface area contributed by atoms with E-state index in [-0.39, 0.29) is 12.6 Å². The quantitative estimate of drug-likeness (QED) is 0.791. The van der Waals surface area contributed by atoms with Crippen molar-refractivity contribution < 1.29 is 19.1 Å². The van der Waals surface area contributed by atoms with E-state index in [9.17, 15) is 9.59 Å². The van der Waals surface area contributed by atoms with Crippen LogP contribution >= 0.6 is 0 Å². The van der Waals surface area contributed by atoms with E-state index >= 15 is 0 Å². The molecule has 5 heteroatoms. The highest BCUT2D eigenvalue weighted by Crippen LogP contribution is 2.35. The van der Waals surface area contributed by atoms with Crippen LogP contribution in [0.5, 0.6) is 0 Å². The number of hydrogen-bond donors (Lipinski definition) is 0. The van der Waals surface area contributed by atoms with Gasteiger partial charge in [-0.3, -0.25) is 4.90 Å². The highest BCUT2D eigenvalue weighted by Gasteiger charge is 2.52. The van der Waals surface area contributed by atoms with Crippen molar-refractivity contribution in [2.24, 2.45) is 0 Å². The lowest BCUT2D eigenvalue weighted by atomic mass is 9.88. The Kier molecular flexibility index (Phi) is 5.52. The van der Waals surface area contributed by atoms with Crippen LogP contribution in [0.15, 0.2) is 30.3 Å². The van der Waals surface area contributed by atoms with E-state index < -0.39 is 17.2 Å². The van der Waals surface area contributed by atoms with E-state index in [0.717, 1.165) is 12.0 Å². The highest BCUT2D eigenvalue weighted by atomic mass is 16.6. The molecule has 5 nitrogen and oxygen atoms in total. The zero-order chi connectivity index (χ0) is 17.8. The second kappa shape index (κ2) is 7.24. The minimum atomic E-state index is -0.986. The van der Waals surface area contributed by atoms with E-state index in [4.69, 9.17) is 9.47 Å². The van der Waals surface area contributed by atoms with Gasteiger partial charge in [0.05, 0.1) is 6.61 Å². The van der Waals surface area contributed by atoms with Gasteiger partial charge in [-0.05, 0) is 46.1 Å². The van der Waals surface area contributed by atoms with E-state index in [1.54, 1.807) is 11.8 Å². The first-order valence-electron chi connectivity index (χ1n) is 8.50. The molecule has 0 aliphatic carbocycles. The van der Waals surface area contributed by atoms with Crippen LogP contribution in [-0.4, -0.2) is 41.3 Å². The molecule has 0 saturated carbocycles. The molecule has 1 aromatic carbocycles. The summed E-state index contributed by atoms with van der Waals surface area (Å²) in [6.45, 7) is 8.04. The van der Waals surface area contributed by atoms with Gasteiger partial charge in [-0.25, -0.2) is 9.59 Å². The molecule has 1 aromatic rings. The van der Waals surface area contributed by atoms with Crippen molar-refractivity contribution in [3.8, 4) is 0 Å². The van der Waals surface area contributed by atoms with Gasteiger partial charge in [0, 0.05) is 13.0 Å². The SMILES string of the molecule is CCOC(=O)[C@@]1(Cc2ccccc2)CCCN1C(=O)OC(C)(C)C. The number of rotatable bonds is 4. The molecule has 0 bridgehead atoms. The maximum Gasteiger partial charge on any atom is 0.411 e. The van der Waals surface area contributed by atoms with Crippen LogP contribution in [0, 0.1) is 0 Å². The summed E-state index contributed by atoms with van der Waals surface area (Å²) in [7, 11) is 0. The molecule has 0 N–H and O–H groups in total. The first-order valence-corrected chi connectivity index (χ1v) is 8.50. The van der Waals surface area contributed by atoms with Gasteiger partial charge in [0.2, 0.25) is 0 Å². The zero-order valence-electron chi connectivity index (χ0n) is 15.0. The summed E-state index contributed by atoms with van der Waals surface area (Å²) in [6, 6.07) is 9.72. The molecule has 1 aliphatic rings. The first kappa shape index (κ1) is 18.3. The van der Waals surface area contributed by atoms with Crippen LogP contribution in [0.1, 0.15) is 46.1 Å². The van der Waals surface area contributed by atoms with E-state index in [1.165, 1.54) is 0 Å². The van der Waals surface area contributed by atoms with Crippen LogP contribution < -0.4 is 0 Å². The van der Waals surface area contributed by atoms with Crippen molar-refractivity contribution in [2.75, 3.05) is 13.2 Å². The highest BCUT2D eigenvalue weighted by molar-refractivity contribution is 5.87. The lowest BCUT2D eigenvalue weighted by molar-refractivity contribution is -0.155. The summed E-state index contributed by atoms with van der Waals surface area (Å²) in [5.74, 6) is -0.350. The van der Waals surface area contributed by atoms with Gasteiger partial charge in [-0.1, -0.05) is 30.3 Å². The molecule has 0 spiro atoms. The number of nitrogens with zero attached hydrogens (tertiary/aromatic N) is 1. The normalized spacial score (nSPS) is 20.8. The maximum absolute atomic E-state index is 12.8. The standard InChI is InChI=1S/C19H27NO4/c1-5-23-16(21)19(14-15-10-7-6-8-11-15)12-9-13-20(19)17(22)24-18(2,3)4/h6-8,10-11H,5,9,12-14H2,1-4H3/t19-/m0/s1. The number of carbonyl (C=O) groups excluding carboxylic acids is 2. The lowest BCUT2D eigenvalue weighted by Gasteiger charge is -2.37. The Morgan fingerprint density at radius 3 is 2.46 bits per heavy atom. The van der Waals surface area contributed by atoms with Gasteiger partial charge in [0.15, 0.2) is 0 Å². The number of amides is 1. The van der Waals surface area contributed by atoms with Gasteiger partial charge in [-0.15, -0.1) is 0 Å². The largest absolute Gasteiger partial charge is 0.464 e. The van der Waals surface area contributed by atoms with Crippen molar-refractivity contribution >= 4 is 12.1 Å². The third kappa shape index (κ3) is 4.08. The molecule has 24 heavy (non-hydrogen) atoms. The molecule has 1 atom stereocenters. The van der Waals surface area contributed by atoms with Crippen LogP contribution in [0.25, 0.3) is 0 Å². The van der Waals surface area contributed by atoms with Crippen molar-refractivity contribution in [1.82, 2.24) is 4.90 Å². The Labute approximate surface area is 143 Å². The molecule has 1 fully saturated rings. The third-order valence-electron chi connectivity index (χ3n) is 4.10. The number of benzene rings is 1. The zero-order valence-corrected chi connectivity index (χ0v) is 15.0. The number of likely N-dealkylation sites (tertiary alicyclic amines) is 1. The van der Waals surface area contributed by atoms with Crippen LogP contribution in [0.3, 0.4) is 0 Å². The van der Waals surface area contributed by atoms with Gasteiger partial charge in [-0.2, -0.15) is 0 Å². The summed E-state index contributed by atoms with van der Waals surface area (Å²) >= 11 is 0. The maximum atomic E-state index is 12.8. The molecule has 132 valence electrons. The Balaban J connectivity index is 2.33. The molecule has 2 rings (SSSR count). The predicted octanol–water partition coefficient (Wildman–Crippen LogP) is 3.56. The monoisotopic (exact) mass is 333 g/mol. The van der Waals surface area contributed by atoms with Gasteiger partial charge >= 0.3 is 12.1 Å². The number of ether oxygens (including phenoxy) is 2. The molecule has 1 heterocycles. The predicted molar refractivity (Wildman–Crippen MR) is 91.7 cm³/mol. The van der Waals surface area contributed by atoms with E-state index in [0.29, 0.717) is 19.4 Å². The number of esters is 1. The van der Waals surface area contributed by atoms with Gasteiger partial charge < -0.3 is 9.47 Å². The second-order valence-corrected chi connectivity index (χ2v) is 7.15. The number of hydrogen-bond acceptors (Lipinski definition) is 4. The average Bonchev–Trinajstić information content (AvgIpc) is 2.92. The Hall–Kier alpha value is -2.04. The topological polar surface area (TPSA) is 55.8 Å². The fourth-order valence-electron chi connectivity index (χ4n) is 3.13. The Morgan fingerprint density at radius 1 is 1.21 bits per heavy atom. The molecule has 0 aromatic heterocycles. The van der Waals surface area contributed by atoms with Crippen molar-refractivity contribution in [3.05, 3.63) is 35.9 Å². The Morgan fingerprint density at radius 2 is 1.88 bits per heavy atom. The number of carbonyl (C=O) groups is 2. The van der Waals surface area contributed by atoms with Gasteiger partial charge in [0.1, 0.15) is 11.1 Å². The first-order chi connectivity index (χ1) is 11.3. The van der Waals surface area contributed by atoms with Crippen molar-refractivity contribution in [1.29, 1.82) is 0 Å². The Bertz CT molecular complexity index is 579. The smallest absolute Gasteiger partial charge is 0.411 e. The fourth-order valence-corrected chi connectivity index (χ4v) is 3.13. The summed E-state index contributed by atoms with van der Waals surface area (Å²) in [4.78, 5) is 27.0. The van der Waals surface area contributed by atoms with Crippen molar-refractivity contribution in [3.63, 3.8) is 0 Å². The minimum absolute atomic E-state index is 0.289. The molecular formula is C19H27NO4. The van der Waals surface area contributed by atoms with E-state index in [1.807, 2.05) is 51.1 Å². The van der Waals surface area contributed by atoms with Crippen LogP contribution in [0.4, 0.5) is 4.79 Å². The summed E-state index contributed by atoms with van der Waals surface area (Å²) < 4.78 is 10.8. The molecule has 1 saturated heterocycles. The molecule has 0 unspecified atom stereocenters. The average molecular weight is 333 g/mol. The van der Waals surface area contributed by atoms with Crippen LogP contribution in [-0.2, 0) is 20.7 Å². The minimum Gasteiger partial charge on any atom is -0.464 e.